The van der Waals surface area contributed by atoms with Crippen molar-refractivity contribution in [2.75, 3.05) is 27.4 Å². The molecule has 10 nitrogen and oxygen atoms in total. The second-order valence-corrected chi connectivity index (χ2v) is 7.35. The van der Waals surface area contributed by atoms with Crippen LogP contribution in [0.3, 0.4) is 0 Å². The van der Waals surface area contributed by atoms with E-state index in [-0.39, 0.29) is 18.6 Å². The normalized spacial score (nSPS) is 12.8. The minimum Gasteiger partial charge on any atom is -0.461 e. The molecule has 0 radical (unpaired) electrons. The highest BCUT2D eigenvalue weighted by molar-refractivity contribution is 5.59. The van der Waals surface area contributed by atoms with Gasteiger partial charge in [-0.05, 0) is 35.4 Å². The van der Waals surface area contributed by atoms with Crippen LogP contribution in [0.25, 0.3) is 0 Å². The minimum absolute atomic E-state index is 0.363. The van der Waals surface area contributed by atoms with Crippen LogP contribution in [0.2, 0.25) is 0 Å². The fraction of sp³-hybridized carbons (Fsp3) is 0.391. The quantitative estimate of drug-likeness (QED) is 0.400. The fourth-order valence-electron chi connectivity index (χ4n) is 2.85. The van der Waals surface area contributed by atoms with Crippen molar-refractivity contribution in [1.82, 2.24) is 0 Å². The molecule has 2 rings (SSSR count). The Morgan fingerprint density at radius 3 is 1.36 bits per heavy atom. The van der Waals surface area contributed by atoms with Gasteiger partial charge < -0.3 is 38.6 Å². The summed E-state index contributed by atoms with van der Waals surface area (Å²) in [5.74, 6) is 0.810. The maximum Gasteiger partial charge on any atom is 0.508 e. The van der Waals surface area contributed by atoms with Crippen molar-refractivity contribution in [1.29, 1.82) is 0 Å². The predicted molar refractivity (Wildman–Crippen MR) is 115 cm³/mol. The summed E-state index contributed by atoms with van der Waals surface area (Å²) >= 11 is 0. The monoisotopic (exact) mass is 464 g/mol. The number of ether oxygens (including phenoxy) is 6. The first-order valence-electron chi connectivity index (χ1n) is 9.97. The Morgan fingerprint density at radius 2 is 1.06 bits per heavy atom. The Morgan fingerprint density at radius 1 is 0.727 bits per heavy atom. The molecule has 0 aliphatic carbocycles. The molecule has 10 heteroatoms. The van der Waals surface area contributed by atoms with E-state index in [0.717, 1.165) is 11.1 Å². The van der Waals surface area contributed by atoms with E-state index in [1.807, 2.05) is 38.1 Å². The van der Waals surface area contributed by atoms with Gasteiger partial charge in [0.05, 0.1) is 14.2 Å². The fourth-order valence-corrected chi connectivity index (χ4v) is 2.85. The van der Waals surface area contributed by atoms with Crippen LogP contribution >= 0.6 is 0 Å². The lowest BCUT2D eigenvalue weighted by Gasteiger charge is -2.27. The lowest BCUT2D eigenvalue weighted by atomic mass is 9.78. The third-order valence-electron chi connectivity index (χ3n) is 4.72. The van der Waals surface area contributed by atoms with E-state index in [4.69, 9.17) is 9.47 Å². The average Bonchev–Trinajstić information content (AvgIpc) is 2.81. The molecule has 180 valence electrons. The number of carbonyl (C=O) groups excluding carboxylic acids is 2. The average molecular weight is 464 g/mol. The third kappa shape index (κ3) is 7.85. The van der Waals surface area contributed by atoms with Crippen molar-refractivity contribution in [3.05, 3.63) is 59.7 Å². The van der Waals surface area contributed by atoms with E-state index < -0.39 is 24.9 Å². The van der Waals surface area contributed by atoms with E-state index in [1.54, 1.807) is 24.3 Å². The zero-order valence-electron chi connectivity index (χ0n) is 18.8. The van der Waals surface area contributed by atoms with Gasteiger partial charge >= 0.3 is 12.3 Å². The van der Waals surface area contributed by atoms with Crippen molar-refractivity contribution in [3.8, 4) is 11.5 Å². The highest BCUT2D eigenvalue weighted by atomic mass is 16.7. The Labute approximate surface area is 191 Å². The standard InChI is InChI=1S/C23H28O10/c1-23(2,15-5-9-17(10-6-15)32-19(24)13-30-21(26)28-3)16-7-11-18(12-8-16)33-20(25)14-31-22(27)29-4/h5-12,19-20,24-25H,13-14H2,1-4H3. The van der Waals surface area contributed by atoms with E-state index in [1.165, 1.54) is 14.2 Å². The van der Waals surface area contributed by atoms with Gasteiger partial charge in [0, 0.05) is 5.41 Å². The first-order valence-corrected chi connectivity index (χ1v) is 9.97. The summed E-state index contributed by atoms with van der Waals surface area (Å²) in [4.78, 5) is 21.9. The van der Waals surface area contributed by atoms with Crippen LogP contribution in [0, 0.1) is 0 Å². The molecule has 0 amide bonds. The van der Waals surface area contributed by atoms with E-state index in [0.29, 0.717) is 11.5 Å². The first kappa shape index (κ1) is 25.8. The van der Waals surface area contributed by atoms with E-state index in [9.17, 15) is 19.8 Å². The topological polar surface area (TPSA) is 130 Å². The number of carbonyl (C=O) groups is 2. The van der Waals surface area contributed by atoms with Gasteiger partial charge in [0.1, 0.15) is 11.5 Å². The number of aliphatic hydroxyl groups is 2. The minimum atomic E-state index is -1.33. The summed E-state index contributed by atoms with van der Waals surface area (Å²) < 4.78 is 28.6. The molecule has 0 saturated carbocycles. The summed E-state index contributed by atoms with van der Waals surface area (Å²) in [6.45, 7) is 3.35. The van der Waals surface area contributed by atoms with Gasteiger partial charge in [-0.3, -0.25) is 0 Å². The molecule has 33 heavy (non-hydrogen) atoms. The highest BCUT2D eigenvalue weighted by Crippen LogP contribution is 2.33. The van der Waals surface area contributed by atoms with Gasteiger partial charge in [-0.1, -0.05) is 38.1 Å². The second-order valence-electron chi connectivity index (χ2n) is 7.35. The highest BCUT2D eigenvalue weighted by Gasteiger charge is 2.23. The molecule has 0 saturated heterocycles. The molecular formula is C23H28O10. The Kier molecular flexibility index (Phi) is 9.31. The van der Waals surface area contributed by atoms with E-state index >= 15 is 0 Å². The molecule has 2 N–H and O–H groups in total. The maximum atomic E-state index is 10.9. The van der Waals surface area contributed by atoms with Crippen LogP contribution < -0.4 is 9.47 Å². The van der Waals surface area contributed by atoms with Crippen LogP contribution in [0.5, 0.6) is 11.5 Å². The molecule has 0 fully saturated rings. The molecule has 0 aliphatic heterocycles. The summed E-state index contributed by atoms with van der Waals surface area (Å²) in [6, 6.07) is 14.3. The Hall–Kier alpha value is -3.50. The molecule has 2 aromatic rings. The van der Waals surface area contributed by atoms with Gasteiger partial charge in [0.25, 0.3) is 0 Å². The number of rotatable bonds is 10. The third-order valence-corrected chi connectivity index (χ3v) is 4.72. The Bertz CT molecular complexity index is 819. The van der Waals surface area contributed by atoms with Crippen molar-refractivity contribution < 1.29 is 48.2 Å². The number of hydrogen-bond donors (Lipinski definition) is 2. The summed E-state index contributed by atoms with van der Waals surface area (Å²) in [5.41, 5.74) is 1.58. The van der Waals surface area contributed by atoms with Gasteiger partial charge in [0.2, 0.25) is 12.6 Å². The predicted octanol–water partition coefficient (Wildman–Crippen LogP) is 2.97. The van der Waals surface area contributed by atoms with Crippen molar-refractivity contribution in [3.63, 3.8) is 0 Å². The van der Waals surface area contributed by atoms with Crippen molar-refractivity contribution in [2.24, 2.45) is 0 Å². The molecule has 0 aliphatic rings. The zero-order chi connectivity index (χ0) is 24.4. The second kappa shape index (κ2) is 11.9. The molecule has 2 atom stereocenters. The summed E-state index contributed by atoms with van der Waals surface area (Å²) in [5, 5.41) is 19.6. The van der Waals surface area contributed by atoms with Crippen LogP contribution in [0.1, 0.15) is 25.0 Å². The zero-order valence-corrected chi connectivity index (χ0v) is 18.8. The smallest absolute Gasteiger partial charge is 0.461 e. The first-order chi connectivity index (χ1) is 15.6. The van der Waals surface area contributed by atoms with Gasteiger partial charge in [-0.25, -0.2) is 9.59 Å². The number of methoxy groups -OCH3 is 2. The van der Waals surface area contributed by atoms with Gasteiger partial charge in [-0.2, -0.15) is 0 Å². The van der Waals surface area contributed by atoms with Crippen LogP contribution in [-0.2, 0) is 24.4 Å². The molecule has 0 heterocycles. The molecular weight excluding hydrogens is 436 g/mol. The van der Waals surface area contributed by atoms with Gasteiger partial charge in [0.15, 0.2) is 13.2 Å². The molecule has 0 bridgehead atoms. The number of aliphatic hydroxyl groups excluding tert-OH is 2. The van der Waals surface area contributed by atoms with Crippen LogP contribution in [-0.4, -0.2) is 62.5 Å². The number of hydrogen-bond acceptors (Lipinski definition) is 10. The largest absolute Gasteiger partial charge is 0.508 e. The Balaban J connectivity index is 1.97. The number of benzene rings is 2. The molecule has 2 unspecified atom stereocenters. The lowest BCUT2D eigenvalue weighted by molar-refractivity contribution is -0.0682. The van der Waals surface area contributed by atoms with Crippen molar-refractivity contribution in [2.45, 2.75) is 31.8 Å². The van der Waals surface area contributed by atoms with E-state index in [2.05, 4.69) is 18.9 Å². The molecule has 0 spiro atoms. The van der Waals surface area contributed by atoms with Crippen molar-refractivity contribution >= 4 is 12.3 Å². The molecule has 2 aromatic carbocycles. The summed E-state index contributed by atoms with van der Waals surface area (Å²) in [6.07, 6.45) is -4.47. The maximum absolute atomic E-state index is 10.9. The van der Waals surface area contributed by atoms with Gasteiger partial charge in [-0.15, -0.1) is 0 Å². The van der Waals surface area contributed by atoms with Crippen LogP contribution in [0.4, 0.5) is 9.59 Å². The summed E-state index contributed by atoms with van der Waals surface area (Å²) in [7, 11) is 2.34. The molecule has 0 aromatic heterocycles. The van der Waals surface area contributed by atoms with Crippen LogP contribution in [0.15, 0.2) is 48.5 Å². The lowest BCUT2D eigenvalue weighted by Crippen LogP contribution is -2.24. The SMILES string of the molecule is COC(=O)OCC(O)Oc1ccc(C(C)(C)c2ccc(OC(O)COC(=O)OC)cc2)cc1.